The summed E-state index contributed by atoms with van der Waals surface area (Å²) < 4.78 is 14.6. The van der Waals surface area contributed by atoms with E-state index in [2.05, 4.69) is 10.2 Å². The minimum absolute atomic E-state index is 0.271. The number of benzene rings is 1. The first kappa shape index (κ1) is 13.2. The summed E-state index contributed by atoms with van der Waals surface area (Å²) >= 11 is 3.98. The van der Waals surface area contributed by atoms with Gasteiger partial charge in [0.2, 0.25) is 0 Å². The molecule has 0 aliphatic rings. The predicted molar refractivity (Wildman–Crippen MR) is 68.9 cm³/mol. The average molecular weight is 303 g/mol. The predicted octanol–water partition coefficient (Wildman–Crippen LogP) is 3.46. The van der Waals surface area contributed by atoms with Crippen molar-refractivity contribution in [2.24, 2.45) is 0 Å². The van der Waals surface area contributed by atoms with E-state index in [1.165, 1.54) is 35.2 Å². The number of nitrogens with zero attached hydrogens (tertiary/aromatic N) is 3. The Morgan fingerprint density at radius 2 is 2.06 bits per heavy atom. The fourth-order valence-corrected chi connectivity index (χ4v) is 3.62. The molecule has 0 atom stereocenters. The smallest absolute Gasteiger partial charge is 0.258 e. The quantitative estimate of drug-likeness (QED) is 0.489. The van der Waals surface area contributed by atoms with Crippen LogP contribution in [0.4, 0.5) is 10.1 Å². The molecule has 94 valence electrons. The molecule has 2 aromatic rings. The Morgan fingerprint density at radius 1 is 1.33 bits per heavy atom. The summed E-state index contributed by atoms with van der Waals surface area (Å²) in [5, 5.41) is 18.4. The maximum absolute atomic E-state index is 13.2. The molecule has 0 aliphatic carbocycles. The van der Waals surface area contributed by atoms with E-state index in [9.17, 15) is 14.5 Å². The van der Waals surface area contributed by atoms with Gasteiger partial charge in [0, 0.05) is 11.0 Å². The van der Waals surface area contributed by atoms with E-state index in [4.69, 9.17) is 0 Å². The Morgan fingerprint density at radius 3 is 2.67 bits per heavy atom. The molecule has 0 unspecified atom stereocenters. The molecule has 0 radical (unpaired) electrons. The van der Waals surface area contributed by atoms with Gasteiger partial charge >= 0.3 is 0 Å². The second-order valence-corrected chi connectivity index (χ2v) is 6.39. The van der Waals surface area contributed by atoms with Crippen molar-refractivity contribution in [2.75, 3.05) is 6.26 Å². The van der Waals surface area contributed by atoms with Crippen LogP contribution in [0.1, 0.15) is 0 Å². The van der Waals surface area contributed by atoms with Crippen LogP contribution in [0.5, 0.6) is 0 Å². The molecule has 0 amide bonds. The third kappa shape index (κ3) is 3.18. The van der Waals surface area contributed by atoms with Crippen molar-refractivity contribution in [1.82, 2.24) is 10.2 Å². The average Bonchev–Trinajstić information content (AvgIpc) is 2.76. The van der Waals surface area contributed by atoms with Crippen LogP contribution in [0, 0.1) is 15.9 Å². The normalized spacial score (nSPS) is 10.6. The van der Waals surface area contributed by atoms with Crippen LogP contribution in [-0.4, -0.2) is 21.4 Å². The van der Waals surface area contributed by atoms with Gasteiger partial charge in [0.25, 0.3) is 5.69 Å². The Labute approximate surface area is 114 Å². The molecule has 5 nitrogen and oxygen atoms in total. The minimum Gasteiger partial charge on any atom is -0.258 e. The summed E-state index contributed by atoms with van der Waals surface area (Å²) in [6.07, 6.45) is 1.88. The van der Waals surface area contributed by atoms with Gasteiger partial charge in [-0.2, -0.15) is 0 Å². The van der Waals surface area contributed by atoms with Crippen molar-refractivity contribution < 1.29 is 9.31 Å². The molecule has 1 aromatic heterocycles. The number of halogens is 1. The van der Waals surface area contributed by atoms with Crippen LogP contribution in [0.15, 0.2) is 31.8 Å². The summed E-state index contributed by atoms with van der Waals surface area (Å²) in [4.78, 5) is 10.4. The molecule has 1 heterocycles. The van der Waals surface area contributed by atoms with Crippen LogP contribution < -0.4 is 0 Å². The topological polar surface area (TPSA) is 68.9 Å². The van der Waals surface area contributed by atoms with E-state index in [1.807, 2.05) is 6.26 Å². The van der Waals surface area contributed by atoms with Gasteiger partial charge in [-0.05, 0) is 12.3 Å². The van der Waals surface area contributed by atoms with Crippen LogP contribution in [0.2, 0.25) is 0 Å². The molecule has 2 rings (SSSR count). The Kier molecular flexibility index (Phi) is 4.15. The molecule has 0 fully saturated rings. The first-order valence-corrected chi connectivity index (χ1v) is 7.44. The second kappa shape index (κ2) is 5.63. The van der Waals surface area contributed by atoms with Gasteiger partial charge in [0.15, 0.2) is 8.68 Å². The van der Waals surface area contributed by atoms with Crippen molar-refractivity contribution in [3.63, 3.8) is 0 Å². The lowest BCUT2D eigenvalue weighted by atomic mass is 10.3. The zero-order valence-corrected chi connectivity index (χ0v) is 11.4. The molecular weight excluding hydrogens is 297 g/mol. The Bertz CT molecular complexity index is 590. The van der Waals surface area contributed by atoms with E-state index < -0.39 is 10.7 Å². The summed E-state index contributed by atoms with van der Waals surface area (Å²) in [6.45, 7) is 0. The molecule has 0 bridgehead atoms. The van der Waals surface area contributed by atoms with Gasteiger partial charge in [0.1, 0.15) is 5.82 Å². The van der Waals surface area contributed by atoms with Crippen LogP contribution in [0.3, 0.4) is 0 Å². The molecule has 0 saturated heterocycles. The molecule has 18 heavy (non-hydrogen) atoms. The number of hydrogen-bond acceptors (Lipinski definition) is 7. The number of aromatic nitrogens is 2. The molecule has 0 aliphatic heterocycles. The molecule has 1 aromatic carbocycles. The number of non-ortho nitro benzene ring substituents is 1. The van der Waals surface area contributed by atoms with Crippen LogP contribution >= 0.6 is 34.9 Å². The zero-order valence-electron chi connectivity index (χ0n) is 8.99. The summed E-state index contributed by atoms with van der Waals surface area (Å²) in [5.74, 6) is -0.638. The van der Waals surface area contributed by atoms with E-state index >= 15 is 0 Å². The number of nitro groups is 1. The van der Waals surface area contributed by atoms with Crippen molar-refractivity contribution in [3.8, 4) is 0 Å². The van der Waals surface area contributed by atoms with Crippen molar-refractivity contribution in [1.29, 1.82) is 0 Å². The van der Waals surface area contributed by atoms with Gasteiger partial charge in [-0.15, -0.1) is 10.2 Å². The number of rotatable bonds is 4. The van der Waals surface area contributed by atoms with Gasteiger partial charge in [-0.25, -0.2) is 4.39 Å². The summed E-state index contributed by atoms with van der Waals surface area (Å²) in [7, 11) is 0. The maximum Gasteiger partial charge on any atom is 0.273 e. The number of nitro benzene ring substituents is 1. The molecular formula is C9H6FN3O2S3. The van der Waals surface area contributed by atoms with Crippen LogP contribution in [-0.2, 0) is 0 Å². The fraction of sp³-hybridized carbons (Fsp3) is 0.111. The highest BCUT2D eigenvalue weighted by Gasteiger charge is 2.12. The van der Waals surface area contributed by atoms with Gasteiger partial charge < -0.3 is 0 Å². The van der Waals surface area contributed by atoms with Crippen LogP contribution in [0.25, 0.3) is 0 Å². The highest BCUT2D eigenvalue weighted by Crippen LogP contribution is 2.34. The number of hydrogen-bond donors (Lipinski definition) is 0. The SMILES string of the molecule is CSc1nnc(Sc2cc(F)cc([N+](=O)[O-])c2)s1. The molecule has 0 spiro atoms. The van der Waals surface area contributed by atoms with E-state index in [1.54, 1.807) is 0 Å². The molecule has 0 saturated carbocycles. The number of thioether (sulfide) groups is 1. The highest BCUT2D eigenvalue weighted by molar-refractivity contribution is 8.03. The van der Waals surface area contributed by atoms with Crippen molar-refractivity contribution in [3.05, 3.63) is 34.1 Å². The van der Waals surface area contributed by atoms with E-state index in [0.29, 0.717) is 9.24 Å². The van der Waals surface area contributed by atoms with Crippen molar-refractivity contribution in [2.45, 2.75) is 13.6 Å². The van der Waals surface area contributed by atoms with E-state index in [-0.39, 0.29) is 5.69 Å². The highest BCUT2D eigenvalue weighted by atomic mass is 32.2. The Hall–Kier alpha value is -1.19. The lowest BCUT2D eigenvalue weighted by Gasteiger charge is -1.98. The zero-order chi connectivity index (χ0) is 13.1. The lowest BCUT2D eigenvalue weighted by Crippen LogP contribution is -1.89. The van der Waals surface area contributed by atoms with E-state index in [0.717, 1.165) is 22.2 Å². The standard InChI is InChI=1S/C9H6FN3O2S3/c1-16-8-11-12-9(18-8)17-7-3-5(10)2-6(4-7)13(14)15/h2-4H,1H3. The van der Waals surface area contributed by atoms with Crippen molar-refractivity contribution >= 4 is 40.5 Å². The largest absolute Gasteiger partial charge is 0.273 e. The first-order chi connectivity index (χ1) is 8.58. The first-order valence-electron chi connectivity index (χ1n) is 4.59. The summed E-state index contributed by atoms with van der Waals surface area (Å²) in [5.41, 5.74) is -0.271. The second-order valence-electron chi connectivity index (χ2n) is 3.04. The van der Waals surface area contributed by atoms with Gasteiger partial charge in [-0.1, -0.05) is 34.9 Å². The fourth-order valence-electron chi connectivity index (χ4n) is 1.13. The molecule has 0 N–H and O–H groups in total. The van der Waals surface area contributed by atoms with Gasteiger partial charge in [0.05, 0.1) is 11.0 Å². The third-order valence-electron chi connectivity index (χ3n) is 1.83. The Balaban J connectivity index is 2.25. The molecule has 9 heteroatoms. The minimum atomic E-state index is -0.638. The van der Waals surface area contributed by atoms with Gasteiger partial charge in [-0.3, -0.25) is 10.1 Å². The monoisotopic (exact) mass is 303 g/mol. The summed E-state index contributed by atoms with van der Waals surface area (Å²) in [6, 6.07) is 3.43. The maximum atomic E-state index is 13.2. The lowest BCUT2D eigenvalue weighted by molar-refractivity contribution is -0.385. The third-order valence-corrected chi connectivity index (χ3v) is 4.76.